The number of hydrogen-bond donors (Lipinski definition) is 6. The number of allylic oxidation sites excluding steroid dienone is 3. The monoisotopic (exact) mass is 632 g/mol. The normalized spacial score (nSPS) is 54.1. The third kappa shape index (κ3) is 4.40. The van der Waals surface area contributed by atoms with E-state index in [2.05, 4.69) is 54.2 Å². The number of aliphatic hydroxyl groups is 6. The van der Waals surface area contributed by atoms with Crippen LogP contribution in [0, 0.1) is 50.7 Å². The summed E-state index contributed by atoms with van der Waals surface area (Å²) in [7, 11) is 0. The van der Waals surface area contributed by atoms with Gasteiger partial charge in [-0.2, -0.15) is 0 Å². The van der Waals surface area contributed by atoms with E-state index < -0.39 is 66.3 Å². The van der Waals surface area contributed by atoms with Crippen molar-refractivity contribution in [2.75, 3.05) is 6.61 Å². The van der Waals surface area contributed by atoms with Crippen LogP contribution in [0.2, 0.25) is 0 Å². The Balaban J connectivity index is 1.37. The lowest BCUT2D eigenvalue weighted by atomic mass is 9.33. The average molecular weight is 633 g/mol. The van der Waals surface area contributed by atoms with Crippen molar-refractivity contribution in [3.05, 3.63) is 23.8 Å². The zero-order valence-corrected chi connectivity index (χ0v) is 27.9. The largest absolute Gasteiger partial charge is 0.432 e. The highest BCUT2D eigenvalue weighted by Crippen LogP contribution is 2.75. The molecule has 9 heteroatoms. The maximum absolute atomic E-state index is 14.4. The molecule has 6 rings (SSSR count). The van der Waals surface area contributed by atoms with E-state index in [1.807, 2.05) is 0 Å². The Morgan fingerprint density at radius 1 is 0.956 bits per heavy atom. The van der Waals surface area contributed by atoms with Crippen LogP contribution >= 0.6 is 0 Å². The van der Waals surface area contributed by atoms with Crippen LogP contribution in [-0.2, 0) is 14.3 Å². The van der Waals surface area contributed by atoms with Crippen molar-refractivity contribution >= 4 is 5.97 Å². The Morgan fingerprint density at radius 2 is 1.64 bits per heavy atom. The molecule has 2 unspecified atom stereocenters. The van der Waals surface area contributed by atoms with Gasteiger partial charge in [-0.25, -0.2) is 0 Å². The fourth-order valence-corrected chi connectivity index (χ4v) is 11.9. The van der Waals surface area contributed by atoms with Gasteiger partial charge in [-0.15, -0.1) is 0 Å². The van der Waals surface area contributed by atoms with Crippen LogP contribution in [0.1, 0.15) is 92.9 Å². The highest BCUT2D eigenvalue weighted by molar-refractivity contribution is 5.80. The maximum atomic E-state index is 14.4. The molecule has 1 aliphatic heterocycles. The first kappa shape index (κ1) is 33.6. The fourth-order valence-electron chi connectivity index (χ4n) is 11.9. The Bertz CT molecular complexity index is 1240. The van der Waals surface area contributed by atoms with E-state index >= 15 is 0 Å². The predicted octanol–water partition coefficient (Wildman–Crippen LogP) is 3.24. The molecule has 6 N–H and O–H groups in total. The van der Waals surface area contributed by atoms with Crippen LogP contribution in [0.5, 0.6) is 0 Å². The van der Waals surface area contributed by atoms with E-state index in [1.54, 1.807) is 0 Å². The summed E-state index contributed by atoms with van der Waals surface area (Å²) in [5.41, 5.74) is 0.456. The number of carbonyl (C=O) groups excluding carboxylic acids is 1. The SMILES string of the molecule is C=C1[C@H]2C3=CC[C@@H]4[C@@]5(C)CC(O)C(O)C(C)(C)[C@@H]5CC[C@@]4(C)[C@]3(C)CC[C@@]2(C(=O)O[C@@H]2O[C@H](CO)[C@@H](O)[C@H](O)[C@H]2O)CC[C@H]1C. The molecule has 0 bridgehead atoms. The molecule has 4 saturated carbocycles. The van der Waals surface area contributed by atoms with Gasteiger partial charge in [0, 0.05) is 5.92 Å². The van der Waals surface area contributed by atoms with Gasteiger partial charge in [-0.1, -0.05) is 65.3 Å². The van der Waals surface area contributed by atoms with Crippen molar-refractivity contribution in [1.29, 1.82) is 0 Å². The summed E-state index contributed by atoms with van der Waals surface area (Å²) in [6.07, 6.45) is -0.568. The molecule has 1 heterocycles. The van der Waals surface area contributed by atoms with Gasteiger partial charge in [0.05, 0.1) is 24.2 Å². The van der Waals surface area contributed by atoms with Crippen molar-refractivity contribution in [3.8, 4) is 0 Å². The first-order valence-corrected chi connectivity index (χ1v) is 17.2. The molecule has 5 aliphatic carbocycles. The third-order valence-corrected chi connectivity index (χ3v) is 14.9. The minimum Gasteiger partial charge on any atom is -0.432 e. The molecule has 0 radical (unpaired) electrons. The highest BCUT2D eigenvalue weighted by atomic mass is 16.7. The lowest BCUT2D eigenvalue weighted by molar-refractivity contribution is -0.297. The number of carbonyl (C=O) groups is 1. The van der Waals surface area contributed by atoms with Gasteiger partial charge < -0.3 is 40.1 Å². The molecule has 0 spiro atoms. The number of rotatable bonds is 3. The molecule has 1 saturated heterocycles. The quantitative estimate of drug-likeness (QED) is 0.203. The van der Waals surface area contributed by atoms with Crippen molar-refractivity contribution in [3.63, 3.8) is 0 Å². The van der Waals surface area contributed by atoms with Crippen molar-refractivity contribution in [2.45, 2.75) is 136 Å². The number of fused-ring (bicyclic) bond motifs is 7. The van der Waals surface area contributed by atoms with E-state index in [0.29, 0.717) is 25.2 Å². The molecular weight excluding hydrogens is 576 g/mol. The second kappa shape index (κ2) is 10.8. The zero-order valence-electron chi connectivity index (χ0n) is 27.9. The van der Waals surface area contributed by atoms with Crippen LogP contribution in [0.15, 0.2) is 23.8 Å². The molecule has 0 aromatic carbocycles. The summed E-state index contributed by atoms with van der Waals surface area (Å²) in [6.45, 7) is 17.5. The maximum Gasteiger partial charge on any atom is 0.315 e. The van der Waals surface area contributed by atoms with E-state index in [4.69, 9.17) is 9.47 Å². The first-order valence-electron chi connectivity index (χ1n) is 17.2. The molecule has 0 aromatic rings. The zero-order chi connectivity index (χ0) is 33.1. The smallest absolute Gasteiger partial charge is 0.315 e. The fraction of sp³-hybridized carbons (Fsp3) is 0.861. The van der Waals surface area contributed by atoms with E-state index in [-0.39, 0.29) is 34.0 Å². The van der Waals surface area contributed by atoms with Gasteiger partial charge in [0.25, 0.3) is 0 Å². The van der Waals surface area contributed by atoms with Crippen LogP contribution in [0.3, 0.4) is 0 Å². The summed E-state index contributed by atoms with van der Waals surface area (Å²) < 4.78 is 11.5. The first-order chi connectivity index (χ1) is 20.9. The van der Waals surface area contributed by atoms with Gasteiger partial charge in [0.15, 0.2) is 0 Å². The number of esters is 1. The molecule has 6 aliphatic rings. The summed E-state index contributed by atoms with van der Waals surface area (Å²) in [5.74, 6) is 0.0291. The van der Waals surface area contributed by atoms with Crippen LogP contribution in [0.4, 0.5) is 0 Å². The minimum absolute atomic E-state index is 0.102. The Labute approximate surface area is 267 Å². The van der Waals surface area contributed by atoms with Crippen LogP contribution < -0.4 is 0 Å². The molecule has 0 amide bonds. The van der Waals surface area contributed by atoms with Crippen LogP contribution in [0.25, 0.3) is 0 Å². The number of ether oxygens (including phenoxy) is 2. The Morgan fingerprint density at radius 3 is 2.31 bits per heavy atom. The lowest BCUT2D eigenvalue weighted by Gasteiger charge is -2.71. The van der Waals surface area contributed by atoms with E-state index in [0.717, 1.165) is 37.7 Å². The second-order valence-electron chi connectivity index (χ2n) is 17.0. The average Bonchev–Trinajstić information content (AvgIpc) is 2.98. The summed E-state index contributed by atoms with van der Waals surface area (Å²) in [4.78, 5) is 14.4. The Hall–Kier alpha value is -1.33. The van der Waals surface area contributed by atoms with Gasteiger partial charge >= 0.3 is 5.97 Å². The van der Waals surface area contributed by atoms with Gasteiger partial charge in [-0.05, 0) is 90.8 Å². The summed E-state index contributed by atoms with van der Waals surface area (Å²) >= 11 is 0. The molecule has 45 heavy (non-hydrogen) atoms. The summed E-state index contributed by atoms with van der Waals surface area (Å²) in [5, 5.41) is 63.1. The van der Waals surface area contributed by atoms with Crippen LogP contribution in [-0.4, -0.2) is 86.1 Å². The summed E-state index contributed by atoms with van der Waals surface area (Å²) in [6, 6.07) is 0. The lowest BCUT2D eigenvalue weighted by Crippen LogP contribution is -2.67. The molecular formula is C36H56O9. The topological polar surface area (TPSA) is 157 Å². The van der Waals surface area contributed by atoms with Gasteiger partial charge in [0.1, 0.15) is 24.4 Å². The molecule has 9 nitrogen and oxygen atoms in total. The number of hydrogen-bond acceptors (Lipinski definition) is 9. The molecule has 15 atom stereocenters. The number of aliphatic hydroxyl groups excluding tert-OH is 6. The molecule has 0 aromatic heterocycles. The minimum atomic E-state index is -1.65. The standard InChI is InChI=1S/C36H56O9/c1-18-10-13-36(31(43)45-30-28(41)27(40)26(39)22(17-37)44-30)15-14-34(6)20(25(36)19(18)2)8-9-24-33(5)16-21(38)29(42)32(3,4)23(33)11-12-35(24,34)7/h8,18,21-30,37-42H,2,9-17H2,1,3-7H3/t18-,21?,22-,23+,24-,25+,26-,27+,28-,29?,30+,33+,34-,35-,36+/m1/s1. The highest BCUT2D eigenvalue weighted by Gasteiger charge is 2.70. The van der Waals surface area contributed by atoms with Gasteiger partial charge in [-0.3, -0.25) is 4.79 Å². The molecule has 254 valence electrons. The second-order valence-corrected chi connectivity index (χ2v) is 17.0. The molecule has 5 fully saturated rings. The van der Waals surface area contributed by atoms with Crippen molar-refractivity contribution in [2.24, 2.45) is 50.7 Å². The van der Waals surface area contributed by atoms with E-state index in [9.17, 15) is 35.4 Å². The Kier molecular flexibility index (Phi) is 8.09. The predicted molar refractivity (Wildman–Crippen MR) is 166 cm³/mol. The van der Waals surface area contributed by atoms with Crippen molar-refractivity contribution in [1.82, 2.24) is 0 Å². The third-order valence-electron chi connectivity index (χ3n) is 14.9. The van der Waals surface area contributed by atoms with Gasteiger partial charge in [0.2, 0.25) is 6.29 Å². The van der Waals surface area contributed by atoms with E-state index in [1.165, 1.54) is 5.57 Å². The van der Waals surface area contributed by atoms with Crippen molar-refractivity contribution < 1.29 is 44.9 Å².